The van der Waals surface area contributed by atoms with Gasteiger partial charge in [0, 0.05) is 6.54 Å². The van der Waals surface area contributed by atoms with Gasteiger partial charge in [0.1, 0.15) is 4.47 Å². The lowest BCUT2D eigenvalue weighted by Gasteiger charge is -2.34. The molecule has 0 saturated carbocycles. The molecule has 1 saturated heterocycles. The first kappa shape index (κ1) is 10.6. The number of nitrogens with zero attached hydrogens (tertiary/aromatic N) is 2. The van der Waals surface area contributed by atoms with Gasteiger partial charge in [-0.3, -0.25) is 4.79 Å². The molecule has 0 spiro atoms. The number of aromatic nitrogens is 2. The van der Waals surface area contributed by atoms with Gasteiger partial charge in [0.2, 0.25) is 0 Å². The highest BCUT2D eigenvalue weighted by Gasteiger charge is 2.22. The van der Waals surface area contributed by atoms with Crippen LogP contribution in [0.2, 0.25) is 0 Å². The van der Waals surface area contributed by atoms with E-state index in [1.54, 1.807) is 0 Å². The van der Waals surface area contributed by atoms with Crippen molar-refractivity contribution in [2.45, 2.75) is 13.0 Å². The van der Waals surface area contributed by atoms with E-state index in [1.165, 1.54) is 6.33 Å². The van der Waals surface area contributed by atoms with Crippen molar-refractivity contribution in [2.24, 2.45) is 0 Å². The highest BCUT2D eigenvalue weighted by Crippen LogP contribution is 2.22. The highest BCUT2D eigenvalue weighted by atomic mass is 79.9. The third-order valence-corrected chi connectivity index (χ3v) is 3.13. The van der Waals surface area contributed by atoms with Crippen LogP contribution in [0.3, 0.4) is 0 Å². The fraction of sp³-hybridized carbons (Fsp3) is 0.556. The van der Waals surface area contributed by atoms with E-state index in [0.29, 0.717) is 23.5 Å². The van der Waals surface area contributed by atoms with E-state index in [1.807, 2.05) is 0 Å². The van der Waals surface area contributed by atoms with Gasteiger partial charge in [-0.2, -0.15) is 0 Å². The average molecular weight is 274 g/mol. The molecule has 1 N–H and O–H groups in total. The average Bonchev–Trinajstić information content (AvgIpc) is 2.23. The Balaban J connectivity index is 2.35. The number of anilines is 1. The van der Waals surface area contributed by atoms with Crippen molar-refractivity contribution in [1.82, 2.24) is 9.97 Å². The Morgan fingerprint density at radius 1 is 1.73 bits per heavy atom. The molecule has 5 nitrogen and oxygen atoms in total. The Morgan fingerprint density at radius 2 is 2.53 bits per heavy atom. The first-order valence-electron chi connectivity index (χ1n) is 4.77. The van der Waals surface area contributed by atoms with E-state index in [4.69, 9.17) is 4.74 Å². The molecule has 1 aromatic heterocycles. The molecule has 0 aliphatic carbocycles. The number of hydrogen-bond acceptors (Lipinski definition) is 4. The zero-order valence-corrected chi connectivity index (χ0v) is 9.95. The number of H-pyrrole nitrogens is 1. The summed E-state index contributed by atoms with van der Waals surface area (Å²) >= 11 is 3.25. The fourth-order valence-electron chi connectivity index (χ4n) is 1.62. The molecule has 0 radical (unpaired) electrons. The van der Waals surface area contributed by atoms with Gasteiger partial charge in [-0.25, -0.2) is 4.98 Å². The Kier molecular flexibility index (Phi) is 3.06. The van der Waals surface area contributed by atoms with Crippen LogP contribution in [0.1, 0.15) is 6.92 Å². The molecule has 6 heteroatoms. The topological polar surface area (TPSA) is 58.2 Å². The van der Waals surface area contributed by atoms with Gasteiger partial charge in [-0.15, -0.1) is 0 Å². The third kappa shape index (κ3) is 2.05. The van der Waals surface area contributed by atoms with Gasteiger partial charge in [0.25, 0.3) is 5.56 Å². The second-order valence-corrected chi connectivity index (χ2v) is 4.28. The monoisotopic (exact) mass is 273 g/mol. The van der Waals surface area contributed by atoms with Gasteiger partial charge in [-0.05, 0) is 22.9 Å². The van der Waals surface area contributed by atoms with E-state index in [0.717, 1.165) is 6.54 Å². The zero-order chi connectivity index (χ0) is 10.8. The maximum atomic E-state index is 11.4. The molecule has 0 amide bonds. The number of rotatable bonds is 1. The summed E-state index contributed by atoms with van der Waals surface area (Å²) in [6.07, 6.45) is 1.42. The zero-order valence-electron chi connectivity index (χ0n) is 8.36. The number of aromatic amines is 1. The quantitative estimate of drug-likeness (QED) is 0.821. The third-order valence-electron chi connectivity index (χ3n) is 2.42. The van der Waals surface area contributed by atoms with E-state index < -0.39 is 0 Å². The Labute approximate surface area is 95.6 Å². The van der Waals surface area contributed by atoms with E-state index in [-0.39, 0.29) is 11.6 Å². The lowest BCUT2D eigenvalue weighted by Crippen LogP contribution is -2.44. The minimum Gasteiger partial charge on any atom is -0.377 e. The van der Waals surface area contributed by atoms with Crippen molar-refractivity contribution in [2.75, 3.05) is 24.7 Å². The van der Waals surface area contributed by atoms with E-state index >= 15 is 0 Å². The molecule has 1 fully saturated rings. The number of morpholine rings is 1. The van der Waals surface area contributed by atoms with Crippen LogP contribution in [-0.2, 0) is 4.74 Å². The summed E-state index contributed by atoms with van der Waals surface area (Å²) in [6.45, 7) is 4.15. The number of halogens is 1. The van der Waals surface area contributed by atoms with Crippen LogP contribution in [0, 0.1) is 0 Å². The number of ether oxygens (including phenoxy) is 1. The van der Waals surface area contributed by atoms with Crippen molar-refractivity contribution < 1.29 is 4.74 Å². The first-order chi connectivity index (χ1) is 7.20. The summed E-state index contributed by atoms with van der Waals surface area (Å²) in [7, 11) is 0. The molecule has 82 valence electrons. The van der Waals surface area contributed by atoms with Crippen LogP contribution in [0.25, 0.3) is 0 Å². The van der Waals surface area contributed by atoms with Gasteiger partial charge in [0.15, 0.2) is 5.82 Å². The minimum absolute atomic E-state index is 0.154. The Bertz CT molecular complexity index is 407. The van der Waals surface area contributed by atoms with Crippen LogP contribution in [-0.4, -0.2) is 35.8 Å². The molecule has 1 aliphatic rings. The van der Waals surface area contributed by atoms with E-state index in [9.17, 15) is 4.79 Å². The molecule has 15 heavy (non-hydrogen) atoms. The second kappa shape index (κ2) is 4.32. The summed E-state index contributed by atoms with van der Waals surface area (Å²) in [5, 5.41) is 0. The largest absolute Gasteiger partial charge is 0.377 e. The van der Waals surface area contributed by atoms with Crippen LogP contribution in [0.5, 0.6) is 0 Å². The predicted molar refractivity (Wildman–Crippen MR) is 60.2 cm³/mol. The SMILES string of the molecule is CC1COCCN1c1nc[nH]c(=O)c1Br. The standard InChI is InChI=1S/C9H12BrN3O2/c1-6-4-15-3-2-13(6)8-7(10)9(14)12-5-11-8/h5-6H,2-4H2,1H3,(H,11,12,14). The van der Waals surface area contributed by atoms with Crippen molar-refractivity contribution in [3.8, 4) is 0 Å². The Morgan fingerprint density at radius 3 is 3.27 bits per heavy atom. The highest BCUT2D eigenvalue weighted by molar-refractivity contribution is 9.10. The Hall–Kier alpha value is -0.880. The van der Waals surface area contributed by atoms with E-state index in [2.05, 4.69) is 37.7 Å². The molecular formula is C9H12BrN3O2. The summed E-state index contributed by atoms with van der Waals surface area (Å²) in [5.41, 5.74) is -0.154. The van der Waals surface area contributed by atoms with Crippen LogP contribution in [0.15, 0.2) is 15.6 Å². The lowest BCUT2D eigenvalue weighted by molar-refractivity contribution is 0.0984. The van der Waals surface area contributed by atoms with Crippen molar-refractivity contribution in [1.29, 1.82) is 0 Å². The lowest BCUT2D eigenvalue weighted by atomic mass is 10.2. The summed E-state index contributed by atoms with van der Waals surface area (Å²) in [4.78, 5) is 20.2. The van der Waals surface area contributed by atoms with Gasteiger partial charge >= 0.3 is 0 Å². The summed E-state index contributed by atoms with van der Waals surface area (Å²) in [6, 6.07) is 0.240. The summed E-state index contributed by atoms with van der Waals surface area (Å²) in [5.74, 6) is 0.689. The van der Waals surface area contributed by atoms with Gasteiger partial charge in [-0.1, -0.05) is 0 Å². The van der Waals surface area contributed by atoms with Crippen LogP contribution < -0.4 is 10.5 Å². The van der Waals surface area contributed by atoms with Crippen molar-refractivity contribution in [3.05, 3.63) is 21.2 Å². The van der Waals surface area contributed by atoms with Crippen LogP contribution in [0.4, 0.5) is 5.82 Å². The maximum absolute atomic E-state index is 11.4. The molecule has 1 aromatic rings. The summed E-state index contributed by atoms with van der Waals surface area (Å²) < 4.78 is 5.82. The second-order valence-electron chi connectivity index (χ2n) is 3.49. The molecule has 0 bridgehead atoms. The van der Waals surface area contributed by atoms with Crippen molar-refractivity contribution in [3.63, 3.8) is 0 Å². The maximum Gasteiger partial charge on any atom is 0.267 e. The number of hydrogen-bond donors (Lipinski definition) is 1. The smallest absolute Gasteiger partial charge is 0.267 e. The molecule has 2 rings (SSSR count). The number of nitrogens with one attached hydrogen (secondary N) is 1. The normalized spacial score (nSPS) is 21.7. The minimum atomic E-state index is -0.154. The van der Waals surface area contributed by atoms with Crippen molar-refractivity contribution >= 4 is 21.7 Å². The van der Waals surface area contributed by atoms with Crippen LogP contribution >= 0.6 is 15.9 Å². The van der Waals surface area contributed by atoms with Gasteiger partial charge < -0.3 is 14.6 Å². The molecule has 1 aliphatic heterocycles. The fourth-order valence-corrected chi connectivity index (χ4v) is 2.06. The predicted octanol–water partition coefficient (Wildman–Crippen LogP) is 0.758. The molecule has 1 unspecified atom stereocenters. The molecule has 2 heterocycles. The first-order valence-corrected chi connectivity index (χ1v) is 5.57. The van der Waals surface area contributed by atoms with Gasteiger partial charge in [0.05, 0.1) is 25.6 Å². The molecule has 0 aromatic carbocycles. The molecule has 1 atom stereocenters. The molecular weight excluding hydrogens is 262 g/mol.